The molecule has 0 atom stereocenters. The van der Waals surface area contributed by atoms with E-state index in [0.717, 1.165) is 98.7 Å². The summed E-state index contributed by atoms with van der Waals surface area (Å²) in [4.78, 5) is 23.1. The Morgan fingerprint density at radius 3 is 1.02 bits per heavy atom. The minimum Gasteiger partial charge on any atom is -0.242 e. The summed E-state index contributed by atoms with van der Waals surface area (Å²) in [6.45, 7) is 0. The van der Waals surface area contributed by atoms with Crippen LogP contribution in [-0.4, -0.2) is 19.9 Å². The summed E-state index contributed by atoms with van der Waals surface area (Å²) in [5.74, 6) is 0. The first-order valence-corrected chi connectivity index (χ1v) is 20.2. The lowest BCUT2D eigenvalue weighted by molar-refractivity contribution is 1.31. The molecule has 0 fully saturated rings. The Bertz CT molecular complexity index is 3040. The Hall–Kier alpha value is -6.86. The van der Waals surface area contributed by atoms with Gasteiger partial charge in [0.2, 0.25) is 0 Å². The molecule has 11 rings (SSSR count). The maximum absolute atomic E-state index is 5.35. The van der Waals surface area contributed by atoms with Crippen LogP contribution in [0.15, 0.2) is 182 Å². The second-order valence-electron chi connectivity index (χ2n) is 13.8. The van der Waals surface area contributed by atoms with Gasteiger partial charge < -0.3 is 0 Å². The van der Waals surface area contributed by atoms with Gasteiger partial charge in [0.05, 0.1) is 22.8 Å². The van der Waals surface area contributed by atoms with Gasteiger partial charge in [0, 0.05) is 42.4 Å². The number of thiophene rings is 2. The van der Waals surface area contributed by atoms with Crippen LogP contribution in [0.4, 0.5) is 0 Å². The van der Waals surface area contributed by atoms with Gasteiger partial charge in [0.25, 0.3) is 0 Å². The van der Waals surface area contributed by atoms with Crippen molar-refractivity contribution in [1.82, 2.24) is 19.9 Å². The molecule has 0 spiro atoms. The Kier molecular flexibility index (Phi) is 7.83. The van der Waals surface area contributed by atoms with Crippen LogP contribution in [0.25, 0.3) is 108 Å². The third-order valence-corrected chi connectivity index (χ3v) is 12.4. The van der Waals surface area contributed by atoms with E-state index in [1.165, 1.54) is 9.40 Å². The number of nitrogens with zero attached hydrogens (tertiary/aromatic N) is 4. The highest BCUT2D eigenvalue weighted by molar-refractivity contribution is 7.25. The van der Waals surface area contributed by atoms with E-state index in [0.29, 0.717) is 0 Å². The van der Waals surface area contributed by atoms with Gasteiger partial charge in [0.15, 0.2) is 0 Å². The molecule has 0 aliphatic rings. The molecule has 0 amide bonds. The zero-order valence-electron chi connectivity index (χ0n) is 29.9. The quantitative estimate of drug-likeness (QED) is 0.170. The summed E-state index contributed by atoms with van der Waals surface area (Å²) in [6, 6.07) is 63.8. The number of fused-ring (bicyclic) bond motifs is 6. The molecule has 0 saturated carbocycles. The molecular weight excluding hydrogens is 721 g/mol. The molecule has 4 heterocycles. The lowest BCUT2D eigenvalue weighted by Crippen LogP contribution is -1.94. The first-order chi connectivity index (χ1) is 27.7. The van der Waals surface area contributed by atoms with Crippen LogP contribution in [0.1, 0.15) is 0 Å². The van der Waals surface area contributed by atoms with Crippen molar-refractivity contribution in [3.8, 4) is 67.3 Å². The molecule has 0 saturated heterocycles. The van der Waals surface area contributed by atoms with Crippen molar-refractivity contribution in [2.24, 2.45) is 0 Å². The second-order valence-corrected chi connectivity index (χ2v) is 15.9. The van der Waals surface area contributed by atoms with E-state index in [9.17, 15) is 0 Å². The molecule has 0 N–H and O–H groups in total. The van der Waals surface area contributed by atoms with Crippen LogP contribution in [0, 0.1) is 0 Å². The van der Waals surface area contributed by atoms with Gasteiger partial charge in [-0.25, -0.2) is 19.9 Å². The van der Waals surface area contributed by atoms with Crippen molar-refractivity contribution in [2.75, 3.05) is 0 Å². The SMILES string of the molecule is c1ccc(-c2nc3sc4ccccc4c3nc2-c2cccc(-c3cccc(-c4cccc(-c5nc6c(nc5-c5ccccc5)sc5ccccc56)c4)c3)c2)cc1. The zero-order valence-corrected chi connectivity index (χ0v) is 31.6. The summed E-state index contributed by atoms with van der Waals surface area (Å²) in [6.07, 6.45) is 0. The van der Waals surface area contributed by atoms with Crippen LogP contribution in [0.3, 0.4) is 0 Å². The lowest BCUT2D eigenvalue weighted by Gasteiger charge is -2.12. The second kappa shape index (κ2) is 13.5. The maximum Gasteiger partial charge on any atom is 0.143 e. The molecule has 0 bridgehead atoms. The monoisotopic (exact) mass is 750 g/mol. The molecule has 0 aliphatic heterocycles. The normalized spacial score (nSPS) is 11.6. The molecule has 4 nitrogen and oxygen atoms in total. The average molecular weight is 751 g/mol. The molecule has 0 aliphatic carbocycles. The number of benzene rings is 7. The highest BCUT2D eigenvalue weighted by Crippen LogP contribution is 2.40. The van der Waals surface area contributed by atoms with Crippen LogP contribution in [0.5, 0.6) is 0 Å². The summed E-state index contributed by atoms with van der Waals surface area (Å²) >= 11 is 3.39. The highest BCUT2D eigenvalue weighted by atomic mass is 32.1. The molecule has 0 radical (unpaired) electrons. The van der Waals surface area contributed by atoms with E-state index in [4.69, 9.17) is 19.9 Å². The Labute approximate surface area is 331 Å². The topological polar surface area (TPSA) is 51.6 Å². The van der Waals surface area contributed by atoms with Crippen molar-refractivity contribution in [3.63, 3.8) is 0 Å². The van der Waals surface area contributed by atoms with Gasteiger partial charge >= 0.3 is 0 Å². The van der Waals surface area contributed by atoms with E-state index in [1.807, 2.05) is 12.1 Å². The van der Waals surface area contributed by atoms with Crippen molar-refractivity contribution in [1.29, 1.82) is 0 Å². The van der Waals surface area contributed by atoms with Crippen LogP contribution in [-0.2, 0) is 0 Å². The first-order valence-electron chi connectivity index (χ1n) is 18.5. The lowest BCUT2D eigenvalue weighted by atomic mass is 9.95. The largest absolute Gasteiger partial charge is 0.242 e. The van der Waals surface area contributed by atoms with Crippen molar-refractivity contribution in [3.05, 3.63) is 182 Å². The number of aromatic nitrogens is 4. The fourth-order valence-corrected chi connectivity index (χ4v) is 9.65. The zero-order chi connectivity index (χ0) is 37.0. The number of hydrogen-bond donors (Lipinski definition) is 0. The molecule has 11 aromatic rings. The molecule has 4 aromatic heterocycles. The average Bonchev–Trinajstić information content (AvgIpc) is 3.83. The van der Waals surface area contributed by atoms with E-state index < -0.39 is 0 Å². The van der Waals surface area contributed by atoms with Crippen LogP contribution < -0.4 is 0 Å². The molecule has 7 aromatic carbocycles. The fraction of sp³-hybridized carbons (Fsp3) is 0. The van der Waals surface area contributed by atoms with E-state index in [-0.39, 0.29) is 0 Å². The van der Waals surface area contributed by atoms with Crippen molar-refractivity contribution < 1.29 is 0 Å². The highest BCUT2D eigenvalue weighted by Gasteiger charge is 2.19. The molecule has 262 valence electrons. The van der Waals surface area contributed by atoms with Gasteiger partial charge in [-0.2, -0.15) is 0 Å². The summed E-state index contributed by atoms with van der Waals surface area (Å²) in [7, 11) is 0. The van der Waals surface area contributed by atoms with Gasteiger partial charge in [-0.3, -0.25) is 0 Å². The first kappa shape index (κ1) is 32.6. The van der Waals surface area contributed by atoms with E-state index >= 15 is 0 Å². The van der Waals surface area contributed by atoms with Gasteiger partial charge in [-0.1, -0.05) is 152 Å². The Morgan fingerprint density at radius 2 is 0.589 bits per heavy atom. The van der Waals surface area contributed by atoms with Gasteiger partial charge in [-0.15, -0.1) is 22.7 Å². The summed E-state index contributed by atoms with van der Waals surface area (Å²) < 4.78 is 2.38. The molecule has 6 heteroatoms. The number of hydrogen-bond acceptors (Lipinski definition) is 6. The van der Waals surface area contributed by atoms with Gasteiger partial charge in [0.1, 0.15) is 20.7 Å². The summed E-state index contributed by atoms with van der Waals surface area (Å²) in [5, 5.41) is 2.27. The predicted molar refractivity (Wildman–Crippen MR) is 236 cm³/mol. The maximum atomic E-state index is 5.35. The minimum absolute atomic E-state index is 0.878. The molecule has 56 heavy (non-hydrogen) atoms. The minimum atomic E-state index is 0.878. The van der Waals surface area contributed by atoms with Crippen LogP contribution >= 0.6 is 22.7 Å². The van der Waals surface area contributed by atoms with Crippen LogP contribution in [0.2, 0.25) is 0 Å². The van der Waals surface area contributed by atoms with Crippen molar-refractivity contribution >= 4 is 63.5 Å². The van der Waals surface area contributed by atoms with E-state index in [2.05, 4.69) is 170 Å². The number of rotatable bonds is 6. The fourth-order valence-electron chi connectivity index (χ4n) is 7.61. The Balaban J connectivity index is 1.01. The summed E-state index contributed by atoms with van der Waals surface area (Å²) in [5.41, 5.74) is 14.1. The molecule has 0 unspecified atom stereocenters. The van der Waals surface area contributed by atoms with Crippen molar-refractivity contribution in [2.45, 2.75) is 0 Å². The Morgan fingerprint density at radius 1 is 0.268 bits per heavy atom. The van der Waals surface area contributed by atoms with Gasteiger partial charge in [-0.05, 0) is 52.6 Å². The standard InChI is InChI=1S/C50H30N4S2/c1-3-14-31(15-4-1)43-45(51-47-39-24-7-9-26-41(39)55-49(47)53-43)37-22-12-20-35(29-37)33-18-11-19-34(28-33)36-21-13-23-38(30-36)46-44(32-16-5-2-6-17-32)54-50-48(52-46)40-25-8-10-27-42(40)56-50/h1-30H. The smallest absolute Gasteiger partial charge is 0.143 e. The predicted octanol–water partition coefficient (Wildman–Crippen LogP) is 14.0. The third-order valence-electron chi connectivity index (χ3n) is 10.3. The third kappa shape index (κ3) is 5.66. The molecular formula is C50H30N4S2. The van der Waals surface area contributed by atoms with E-state index in [1.54, 1.807) is 22.7 Å².